The van der Waals surface area contributed by atoms with Crippen molar-refractivity contribution in [3.63, 3.8) is 0 Å². The van der Waals surface area contributed by atoms with E-state index in [1.165, 1.54) is 18.4 Å². The van der Waals surface area contributed by atoms with Crippen molar-refractivity contribution in [3.05, 3.63) is 28.2 Å². The number of hydrogen-bond acceptors (Lipinski definition) is 3. The molecular weight excluding hydrogens is 304 g/mol. The summed E-state index contributed by atoms with van der Waals surface area (Å²) in [5, 5.41) is 3.39. The van der Waals surface area contributed by atoms with Crippen molar-refractivity contribution < 1.29 is 4.74 Å². The molecule has 0 amide bonds. The Kier molecular flexibility index (Phi) is 4.41. The summed E-state index contributed by atoms with van der Waals surface area (Å²) in [5.41, 5.74) is 1.30. The second-order valence-corrected chi connectivity index (χ2v) is 6.45. The molecule has 19 heavy (non-hydrogen) atoms. The van der Waals surface area contributed by atoms with E-state index in [9.17, 15) is 0 Å². The predicted octanol–water partition coefficient (Wildman–Crippen LogP) is 2.64. The van der Waals surface area contributed by atoms with Crippen LogP contribution in [0.2, 0.25) is 0 Å². The number of halogens is 1. The SMILES string of the molecule is Brc1ccc(OCC2CC2)c(CN2CCNCC2)c1. The zero-order valence-corrected chi connectivity index (χ0v) is 12.8. The number of hydrogen-bond donors (Lipinski definition) is 1. The molecule has 0 atom stereocenters. The molecule has 1 aromatic rings. The number of benzene rings is 1. The molecule has 1 aliphatic carbocycles. The zero-order chi connectivity index (χ0) is 13.1. The molecule has 1 aliphatic heterocycles. The van der Waals surface area contributed by atoms with Crippen LogP contribution < -0.4 is 10.1 Å². The van der Waals surface area contributed by atoms with Gasteiger partial charge in [-0.05, 0) is 37.0 Å². The quantitative estimate of drug-likeness (QED) is 0.901. The fraction of sp³-hybridized carbons (Fsp3) is 0.600. The molecule has 0 spiro atoms. The van der Waals surface area contributed by atoms with E-state index in [1.54, 1.807) is 0 Å². The second kappa shape index (κ2) is 6.25. The van der Waals surface area contributed by atoms with Crippen LogP contribution in [0.3, 0.4) is 0 Å². The smallest absolute Gasteiger partial charge is 0.123 e. The molecule has 0 unspecified atom stereocenters. The Morgan fingerprint density at radius 2 is 2.05 bits per heavy atom. The highest BCUT2D eigenvalue weighted by Gasteiger charge is 2.22. The molecule has 4 heteroatoms. The number of piperazine rings is 1. The number of ether oxygens (including phenoxy) is 1. The van der Waals surface area contributed by atoms with E-state index < -0.39 is 0 Å². The Hall–Kier alpha value is -0.580. The van der Waals surface area contributed by atoms with Gasteiger partial charge in [-0.3, -0.25) is 4.90 Å². The fourth-order valence-electron chi connectivity index (χ4n) is 2.41. The average Bonchev–Trinajstić information content (AvgIpc) is 3.23. The van der Waals surface area contributed by atoms with Gasteiger partial charge in [-0.15, -0.1) is 0 Å². The van der Waals surface area contributed by atoms with Crippen molar-refractivity contribution in [2.24, 2.45) is 5.92 Å². The minimum Gasteiger partial charge on any atom is -0.493 e. The van der Waals surface area contributed by atoms with Gasteiger partial charge in [0.05, 0.1) is 6.61 Å². The lowest BCUT2D eigenvalue weighted by Crippen LogP contribution is -2.42. The molecule has 3 rings (SSSR count). The van der Waals surface area contributed by atoms with Crippen LogP contribution in [0.25, 0.3) is 0 Å². The molecule has 3 nitrogen and oxygen atoms in total. The van der Waals surface area contributed by atoms with Gasteiger partial charge in [-0.2, -0.15) is 0 Å². The zero-order valence-electron chi connectivity index (χ0n) is 11.2. The average molecular weight is 325 g/mol. The van der Waals surface area contributed by atoms with Crippen molar-refractivity contribution in [2.75, 3.05) is 32.8 Å². The normalized spacial score (nSPS) is 20.5. The van der Waals surface area contributed by atoms with Gasteiger partial charge < -0.3 is 10.1 Å². The van der Waals surface area contributed by atoms with Crippen molar-refractivity contribution in [1.82, 2.24) is 10.2 Å². The van der Waals surface area contributed by atoms with Gasteiger partial charge in [0.25, 0.3) is 0 Å². The van der Waals surface area contributed by atoms with Gasteiger partial charge in [0.1, 0.15) is 5.75 Å². The van der Waals surface area contributed by atoms with Crippen LogP contribution in [0.1, 0.15) is 18.4 Å². The molecule has 104 valence electrons. The summed E-state index contributed by atoms with van der Waals surface area (Å²) < 4.78 is 7.13. The first-order chi connectivity index (χ1) is 9.31. The van der Waals surface area contributed by atoms with Crippen LogP contribution >= 0.6 is 15.9 Å². The maximum atomic E-state index is 5.99. The first-order valence-corrected chi connectivity index (χ1v) is 7.95. The summed E-state index contributed by atoms with van der Waals surface area (Å²) in [5.74, 6) is 1.87. The Morgan fingerprint density at radius 3 is 2.79 bits per heavy atom. The Morgan fingerprint density at radius 1 is 1.26 bits per heavy atom. The summed E-state index contributed by atoms with van der Waals surface area (Å²) in [6.45, 7) is 6.29. The van der Waals surface area contributed by atoms with Gasteiger partial charge >= 0.3 is 0 Å². The van der Waals surface area contributed by atoms with Crippen LogP contribution in [0, 0.1) is 5.92 Å². The first-order valence-electron chi connectivity index (χ1n) is 7.15. The van der Waals surface area contributed by atoms with Crippen molar-refractivity contribution in [1.29, 1.82) is 0 Å². The summed E-state index contributed by atoms with van der Waals surface area (Å²) >= 11 is 3.57. The minimum atomic E-state index is 0.802. The summed E-state index contributed by atoms with van der Waals surface area (Å²) in [7, 11) is 0. The molecule has 1 heterocycles. The van der Waals surface area contributed by atoms with Gasteiger partial charge in [0.15, 0.2) is 0 Å². The highest BCUT2D eigenvalue weighted by atomic mass is 79.9. The molecule has 0 bridgehead atoms. The van der Waals surface area contributed by atoms with Gasteiger partial charge in [-0.25, -0.2) is 0 Å². The summed E-state index contributed by atoms with van der Waals surface area (Å²) in [6, 6.07) is 6.37. The Balaban J connectivity index is 1.67. The first kappa shape index (κ1) is 13.4. The molecule has 2 aliphatic rings. The summed E-state index contributed by atoms with van der Waals surface area (Å²) in [4.78, 5) is 2.49. The second-order valence-electron chi connectivity index (χ2n) is 5.53. The van der Waals surface area contributed by atoms with Crippen molar-refractivity contribution in [2.45, 2.75) is 19.4 Å². The lowest BCUT2D eigenvalue weighted by Gasteiger charge is -2.28. The van der Waals surface area contributed by atoms with Crippen molar-refractivity contribution in [3.8, 4) is 5.75 Å². The summed E-state index contributed by atoms with van der Waals surface area (Å²) in [6.07, 6.45) is 2.67. The third kappa shape index (κ3) is 3.94. The molecular formula is C15H21BrN2O. The largest absolute Gasteiger partial charge is 0.493 e. The molecule has 0 aromatic heterocycles. The topological polar surface area (TPSA) is 24.5 Å². The highest BCUT2D eigenvalue weighted by molar-refractivity contribution is 9.10. The molecule has 2 fully saturated rings. The van der Waals surface area contributed by atoms with Crippen LogP contribution in [0.15, 0.2) is 22.7 Å². The van der Waals surface area contributed by atoms with Gasteiger partial charge in [0.2, 0.25) is 0 Å². The number of nitrogens with one attached hydrogen (secondary N) is 1. The van der Waals surface area contributed by atoms with Crippen LogP contribution in [0.4, 0.5) is 0 Å². The Labute approximate surface area is 123 Å². The molecule has 1 saturated carbocycles. The van der Waals surface area contributed by atoms with Crippen LogP contribution in [-0.4, -0.2) is 37.7 Å². The van der Waals surface area contributed by atoms with E-state index in [2.05, 4.69) is 44.3 Å². The van der Waals surface area contributed by atoms with Gasteiger partial charge in [-0.1, -0.05) is 15.9 Å². The van der Waals surface area contributed by atoms with E-state index in [0.717, 1.165) is 55.5 Å². The standard InChI is InChI=1S/C15H21BrN2O/c16-14-3-4-15(19-11-12-1-2-12)13(9-14)10-18-7-5-17-6-8-18/h3-4,9,12,17H,1-2,5-8,10-11H2. The van der Waals surface area contributed by atoms with E-state index in [1.807, 2.05) is 0 Å². The highest BCUT2D eigenvalue weighted by Crippen LogP contribution is 2.31. The minimum absolute atomic E-state index is 0.802. The molecule has 1 aromatic carbocycles. The van der Waals surface area contributed by atoms with Gasteiger partial charge in [0, 0.05) is 42.8 Å². The van der Waals surface area contributed by atoms with Crippen LogP contribution in [-0.2, 0) is 6.54 Å². The molecule has 1 saturated heterocycles. The van der Waals surface area contributed by atoms with Crippen molar-refractivity contribution >= 4 is 15.9 Å². The molecule has 1 N–H and O–H groups in total. The monoisotopic (exact) mass is 324 g/mol. The third-order valence-corrected chi connectivity index (χ3v) is 4.29. The lowest BCUT2D eigenvalue weighted by atomic mass is 10.1. The maximum Gasteiger partial charge on any atom is 0.123 e. The van der Waals surface area contributed by atoms with E-state index in [0.29, 0.717) is 0 Å². The van der Waals surface area contributed by atoms with Crippen LogP contribution in [0.5, 0.6) is 5.75 Å². The molecule has 0 radical (unpaired) electrons. The van der Waals surface area contributed by atoms with E-state index in [4.69, 9.17) is 4.74 Å². The third-order valence-electron chi connectivity index (χ3n) is 3.80. The maximum absolute atomic E-state index is 5.99. The number of rotatable bonds is 5. The van der Waals surface area contributed by atoms with E-state index >= 15 is 0 Å². The lowest BCUT2D eigenvalue weighted by molar-refractivity contribution is 0.226. The number of nitrogens with zero attached hydrogens (tertiary/aromatic N) is 1. The predicted molar refractivity (Wildman–Crippen MR) is 80.5 cm³/mol. The van der Waals surface area contributed by atoms with E-state index in [-0.39, 0.29) is 0 Å². The fourth-order valence-corrected chi connectivity index (χ4v) is 2.82. The Bertz CT molecular complexity index is 428.